The van der Waals surface area contributed by atoms with E-state index >= 15 is 0 Å². The Labute approximate surface area is 270 Å². The van der Waals surface area contributed by atoms with Crippen LogP contribution < -0.4 is 14.8 Å². The van der Waals surface area contributed by atoms with Gasteiger partial charge in [0.25, 0.3) is 11.8 Å². The van der Waals surface area contributed by atoms with Gasteiger partial charge in [0.05, 0.1) is 26.2 Å². The van der Waals surface area contributed by atoms with E-state index in [-0.39, 0.29) is 30.8 Å². The SMILES string of the molecule is CCOc1cc(CCN(CCC(=O)O)C(=O)c2ccccc2-c2ccccc2C(=O)NC2CCCc3ccccc32)ccc1OC. The van der Waals surface area contributed by atoms with Gasteiger partial charge in [-0.2, -0.15) is 0 Å². The van der Waals surface area contributed by atoms with Gasteiger partial charge in [0.15, 0.2) is 11.5 Å². The summed E-state index contributed by atoms with van der Waals surface area (Å²) in [7, 11) is 1.58. The maximum absolute atomic E-state index is 14.2. The average Bonchev–Trinajstić information content (AvgIpc) is 3.08. The van der Waals surface area contributed by atoms with Crippen LogP contribution in [0, 0.1) is 0 Å². The highest BCUT2D eigenvalue weighted by atomic mass is 16.5. The molecule has 0 saturated heterocycles. The van der Waals surface area contributed by atoms with Gasteiger partial charge in [-0.25, -0.2) is 0 Å². The summed E-state index contributed by atoms with van der Waals surface area (Å²) in [6.45, 7) is 2.71. The highest BCUT2D eigenvalue weighted by Crippen LogP contribution is 2.33. The molecule has 8 nitrogen and oxygen atoms in total. The number of carbonyl (C=O) groups excluding carboxylic acids is 2. The Hall–Kier alpha value is -5.11. The third kappa shape index (κ3) is 7.57. The lowest BCUT2D eigenvalue weighted by Crippen LogP contribution is -2.35. The van der Waals surface area contributed by atoms with Crippen LogP contribution in [0.15, 0.2) is 91.0 Å². The van der Waals surface area contributed by atoms with Crippen molar-refractivity contribution in [1.82, 2.24) is 10.2 Å². The van der Waals surface area contributed by atoms with E-state index in [4.69, 9.17) is 9.47 Å². The molecule has 1 unspecified atom stereocenters. The first-order chi connectivity index (χ1) is 22.4. The molecule has 0 saturated carbocycles. The number of hydrogen-bond acceptors (Lipinski definition) is 5. The molecule has 0 aliphatic heterocycles. The van der Waals surface area contributed by atoms with Crippen molar-refractivity contribution in [1.29, 1.82) is 0 Å². The van der Waals surface area contributed by atoms with Crippen molar-refractivity contribution in [2.75, 3.05) is 26.8 Å². The molecule has 46 heavy (non-hydrogen) atoms. The molecule has 0 spiro atoms. The quantitative estimate of drug-likeness (QED) is 0.172. The topological polar surface area (TPSA) is 105 Å². The van der Waals surface area contributed by atoms with Gasteiger partial charge in [-0.15, -0.1) is 0 Å². The number of carbonyl (C=O) groups is 3. The van der Waals surface area contributed by atoms with E-state index < -0.39 is 5.97 Å². The minimum Gasteiger partial charge on any atom is -0.493 e. The molecule has 0 fully saturated rings. The molecule has 4 aromatic rings. The van der Waals surface area contributed by atoms with Crippen molar-refractivity contribution >= 4 is 17.8 Å². The lowest BCUT2D eigenvalue weighted by Gasteiger charge is -2.27. The number of aryl methyl sites for hydroxylation is 1. The summed E-state index contributed by atoms with van der Waals surface area (Å²) < 4.78 is 11.1. The van der Waals surface area contributed by atoms with Gasteiger partial charge in [-0.1, -0.05) is 66.7 Å². The number of ether oxygens (including phenoxy) is 2. The predicted molar refractivity (Wildman–Crippen MR) is 177 cm³/mol. The van der Waals surface area contributed by atoms with Gasteiger partial charge < -0.3 is 24.8 Å². The maximum Gasteiger partial charge on any atom is 0.305 e. The summed E-state index contributed by atoms with van der Waals surface area (Å²) in [4.78, 5) is 41.1. The van der Waals surface area contributed by atoms with Crippen LogP contribution in [0.5, 0.6) is 11.5 Å². The van der Waals surface area contributed by atoms with E-state index in [2.05, 4.69) is 17.4 Å². The number of nitrogens with zero attached hydrogens (tertiary/aromatic N) is 1. The van der Waals surface area contributed by atoms with Crippen LogP contribution in [0.3, 0.4) is 0 Å². The fourth-order valence-corrected chi connectivity index (χ4v) is 6.09. The Kier molecular flexibility index (Phi) is 10.7. The number of benzene rings is 4. The zero-order valence-electron chi connectivity index (χ0n) is 26.3. The fourth-order valence-electron chi connectivity index (χ4n) is 6.09. The monoisotopic (exact) mass is 620 g/mol. The number of nitrogens with one attached hydrogen (secondary N) is 1. The number of rotatable bonds is 13. The molecular formula is C38H40N2O6. The zero-order chi connectivity index (χ0) is 32.5. The van der Waals surface area contributed by atoms with Crippen LogP contribution in [0.1, 0.15) is 69.6 Å². The molecule has 5 rings (SSSR count). The number of carboxylic acid groups (broad SMARTS) is 1. The number of carboxylic acids is 1. The Balaban J connectivity index is 1.41. The second-order valence-electron chi connectivity index (χ2n) is 11.3. The van der Waals surface area contributed by atoms with Gasteiger partial charge >= 0.3 is 5.97 Å². The van der Waals surface area contributed by atoms with Crippen LogP contribution in [-0.4, -0.2) is 54.6 Å². The van der Waals surface area contributed by atoms with E-state index in [0.717, 1.165) is 30.4 Å². The lowest BCUT2D eigenvalue weighted by molar-refractivity contribution is -0.137. The van der Waals surface area contributed by atoms with E-state index in [1.165, 1.54) is 5.56 Å². The zero-order valence-corrected chi connectivity index (χ0v) is 26.3. The fraction of sp³-hybridized carbons (Fsp3) is 0.289. The number of hydrogen-bond donors (Lipinski definition) is 2. The van der Waals surface area contributed by atoms with Crippen molar-refractivity contribution in [3.8, 4) is 22.6 Å². The van der Waals surface area contributed by atoms with Gasteiger partial charge in [-0.05, 0) is 84.7 Å². The lowest BCUT2D eigenvalue weighted by atomic mass is 9.87. The summed E-state index contributed by atoms with van der Waals surface area (Å²) in [5, 5.41) is 12.7. The summed E-state index contributed by atoms with van der Waals surface area (Å²) in [6.07, 6.45) is 3.15. The second kappa shape index (κ2) is 15.3. The van der Waals surface area contributed by atoms with E-state index in [0.29, 0.717) is 53.3 Å². The normalized spacial score (nSPS) is 13.7. The molecule has 0 heterocycles. The Morgan fingerprint density at radius 2 is 1.57 bits per heavy atom. The van der Waals surface area contributed by atoms with E-state index in [1.54, 1.807) is 30.2 Å². The van der Waals surface area contributed by atoms with Crippen LogP contribution in [0.25, 0.3) is 11.1 Å². The first kappa shape index (κ1) is 32.3. The number of amides is 2. The van der Waals surface area contributed by atoms with Crippen molar-refractivity contribution in [3.05, 3.63) is 119 Å². The number of fused-ring (bicyclic) bond motifs is 1. The maximum atomic E-state index is 14.2. The molecule has 1 atom stereocenters. The van der Waals surface area contributed by atoms with Crippen molar-refractivity contribution in [2.45, 2.75) is 45.1 Å². The van der Waals surface area contributed by atoms with Gasteiger partial charge in [0.2, 0.25) is 0 Å². The molecule has 0 bridgehead atoms. The van der Waals surface area contributed by atoms with Gasteiger partial charge in [0, 0.05) is 24.2 Å². The molecule has 2 N–H and O–H groups in total. The molecule has 1 aliphatic carbocycles. The van der Waals surface area contributed by atoms with Gasteiger partial charge in [-0.3, -0.25) is 14.4 Å². The van der Waals surface area contributed by atoms with E-state index in [1.807, 2.05) is 67.6 Å². The van der Waals surface area contributed by atoms with Gasteiger partial charge in [0.1, 0.15) is 0 Å². The van der Waals surface area contributed by atoms with Crippen molar-refractivity contribution < 1.29 is 29.0 Å². The first-order valence-corrected chi connectivity index (χ1v) is 15.8. The summed E-state index contributed by atoms with van der Waals surface area (Å²) >= 11 is 0. The summed E-state index contributed by atoms with van der Waals surface area (Å²) in [5.41, 5.74) is 5.47. The highest BCUT2D eigenvalue weighted by molar-refractivity contribution is 6.06. The van der Waals surface area contributed by atoms with Crippen LogP contribution in [-0.2, 0) is 17.6 Å². The third-order valence-corrected chi connectivity index (χ3v) is 8.38. The Bertz CT molecular complexity index is 1700. The highest BCUT2D eigenvalue weighted by Gasteiger charge is 2.25. The summed E-state index contributed by atoms with van der Waals surface area (Å²) in [5.74, 6) is -0.254. The second-order valence-corrected chi connectivity index (χ2v) is 11.3. The number of aliphatic carboxylic acids is 1. The smallest absolute Gasteiger partial charge is 0.305 e. The molecule has 8 heteroatoms. The number of methoxy groups -OCH3 is 1. The van der Waals surface area contributed by atoms with Crippen molar-refractivity contribution in [3.63, 3.8) is 0 Å². The van der Waals surface area contributed by atoms with Crippen LogP contribution in [0.4, 0.5) is 0 Å². The molecule has 1 aliphatic rings. The standard InChI is InChI=1S/C38H40N2O6/c1-3-46-35-25-26(19-20-34(35)45-2)21-23-40(24-22-36(41)42)38(44)32-17-9-7-15-30(32)29-14-6-8-16-31(29)37(43)39-33-18-10-12-27-11-4-5-13-28(27)33/h4-9,11,13-17,19-20,25,33H,3,10,12,18,21-24H2,1-2H3,(H,39,43)(H,41,42). The molecule has 2 amide bonds. The predicted octanol–water partition coefficient (Wildman–Crippen LogP) is 6.73. The minimum absolute atomic E-state index is 0.0419. The molecule has 0 radical (unpaired) electrons. The minimum atomic E-state index is -0.986. The van der Waals surface area contributed by atoms with E-state index in [9.17, 15) is 19.5 Å². The van der Waals surface area contributed by atoms with Crippen LogP contribution in [0.2, 0.25) is 0 Å². The molecule has 0 aromatic heterocycles. The Morgan fingerprint density at radius 3 is 2.30 bits per heavy atom. The van der Waals surface area contributed by atoms with Crippen LogP contribution >= 0.6 is 0 Å². The Morgan fingerprint density at radius 1 is 0.870 bits per heavy atom. The summed E-state index contributed by atoms with van der Waals surface area (Å²) in [6, 6.07) is 28.3. The van der Waals surface area contributed by atoms with Crippen molar-refractivity contribution in [2.24, 2.45) is 0 Å². The third-order valence-electron chi connectivity index (χ3n) is 8.38. The molecule has 238 valence electrons. The molecule has 4 aromatic carbocycles. The first-order valence-electron chi connectivity index (χ1n) is 15.8. The average molecular weight is 621 g/mol. The molecular weight excluding hydrogens is 580 g/mol. The largest absolute Gasteiger partial charge is 0.493 e.